The molecular weight excluding hydrogens is 402 g/mol. The number of carbonyl (C=O) groups excluding carboxylic acids is 1. The van der Waals surface area contributed by atoms with Crippen molar-refractivity contribution in [1.29, 1.82) is 0 Å². The molecular formula is C19H20BrNO5. The van der Waals surface area contributed by atoms with Crippen molar-refractivity contribution in [2.45, 2.75) is 19.3 Å². The average molecular weight is 422 g/mol. The fourth-order valence-corrected chi connectivity index (χ4v) is 3.30. The van der Waals surface area contributed by atoms with Crippen LogP contribution in [0.2, 0.25) is 0 Å². The summed E-state index contributed by atoms with van der Waals surface area (Å²) < 4.78 is 11.9. The second-order valence-corrected chi connectivity index (χ2v) is 7.15. The predicted molar refractivity (Wildman–Crippen MR) is 99.4 cm³/mol. The van der Waals surface area contributed by atoms with Crippen molar-refractivity contribution in [3.8, 4) is 5.75 Å². The fraction of sp³-hybridized carbons (Fsp3) is 0.368. The third-order valence-electron chi connectivity index (χ3n) is 4.40. The lowest BCUT2D eigenvalue weighted by Gasteiger charge is -2.28. The smallest absolute Gasteiger partial charge is 0.227 e. The Labute approximate surface area is 159 Å². The summed E-state index contributed by atoms with van der Waals surface area (Å²) in [5, 5.41) is 10.3. The molecule has 2 heterocycles. The number of halogens is 1. The molecule has 0 radical (unpaired) electrons. The number of nitrogens with zero attached hydrogens (tertiary/aromatic N) is 1. The van der Waals surface area contributed by atoms with Gasteiger partial charge in [-0.2, -0.15) is 0 Å². The van der Waals surface area contributed by atoms with Crippen LogP contribution in [0.1, 0.15) is 29.4 Å². The first kappa shape index (κ1) is 18.7. The summed E-state index contributed by atoms with van der Waals surface area (Å²) >= 11 is 3.39. The molecule has 0 unspecified atom stereocenters. The molecule has 1 aromatic carbocycles. The van der Waals surface area contributed by atoms with Gasteiger partial charge in [0.15, 0.2) is 5.76 Å². The highest BCUT2D eigenvalue weighted by molar-refractivity contribution is 9.10. The minimum Gasteiger partial charge on any atom is -0.502 e. The van der Waals surface area contributed by atoms with Gasteiger partial charge in [0.25, 0.3) is 0 Å². The van der Waals surface area contributed by atoms with Crippen molar-refractivity contribution in [3.05, 3.63) is 62.1 Å². The molecule has 26 heavy (non-hydrogen) atoms. The van der Waals surface area contributed by atoms with Gasteiger partial charge in [0.1, 0.15) is 5.76 Å². The van der Waals surface area contributed by atoms with E-state index in [1.807, 2.05) is 24.3 Å². The summed E-state index contributed by atoms with van der Waals surface area (Å²) in [4.78, 5) is 26.5. The Balaban J connectivity index is 1.98. The van der Waals surface area contributed by atoms with Gasteiger partial charge in [-0.15, -0.1) is 0 Å². The van der Waals surface area contributed by atoms with Crippen LogP contribution in [-0.2, 0) is 9.53 Å². The van der Waals surface area contributed by atoms with Crippen LogP contribution in [0.25, 0.3) is 0 Å². The Hall–Kier alpha value is -2.12. The minimum absolute atomic E-state index is 0.0650. The molecule has 1 fully saturated rings. The third-order valence-corrected chi connectivity index (χ3v) is 4.93. The van der Waals surface area contributed by atoms with Crippen LogP contribution in [-0.4, -0.2) is 42.2 Å². The summed E-state index contributed by atoms with van der Waals surface area (Å²) in [7, 11) is 0. The number of hydrogen-bond acceptors (Lipinski definition) is 5. The summed E-state index contributed by atoms with van der Waals surface area (Å²) in [5.41, 5.74) is 0.281. The maximum Gasteiger partial charge on any atom is 0.227 e. The number of ether oxygens (including phenoxy) is 1. The van der Waals surface area contributed by atoms with Gasteiger partial charge < -0.3 is 19.2 Å². The molecule has 1 saturated heterocycles. The predicted octanol–water partition coefficient (Wildman–Crippen LogP) is 2.80. The monoisotopic (exact) mass is 421 g/mol. The SMILES string of the molecule is Cc1cc(=O)c(O)c([C@H](CC(=O)N2CCOCC2)c2ccc(Br)cc2)o1. The van der Waals surface area contributed by atoms with E-state index in [0.29, 0.717) is 32.1 Å². The lowest BCUT2D eigenvalue weighted by Crippen LogP contribution is -2.41. The summed E-state index contributed by atoms with van der Waals surface area (Å²) in [5.74, 6) is -0.545. The maximum absolute atomic E-state index is 12.8. The number of morpholine rings is 1. The zero-order valence-corrected chi connectivity index (χ0v) is 16.0. The quantitative estimate of drug-likeness (QED) is 0.820. The molecule has 0 saturated carbocycles. The molecule has 1 aliphatic heterocycles. The van der Waals surface area contributed by atoms with Crippen molar-refractivity contribution in [3.63, 3.8) is 0 Å². The largest absolute Gasteiger partial charge is 0.502 e. The molecule has 0 spiro atoms. The maximum atomic E-state index is 12.8. The van der Waals surface area contributed by atoms with E-state index in [2.05, 4.69) is 15.9 Å². The molecule has 0 aliphatic carbocycles. The molecule has 1 amide bonds. The number of amides is 1. The average Bonchev–Trinajstić information content (AvgIpc) is 2.64. The zero-order valence-electron chi connectivity index (χ0n) is 14.4. The molecule has 1 aliphatic rings. The Kier molecular flexibility index (Phi) is 5.78. The second-order valence-electron chi connectivity index (χ2n) is 6.24. The highest BCUT2D eigenvalue weighted by atomic mass is 79.9. The molecule has 1 N–H and O–H groups in total. The number of carbonyl (C=O) groups is 1. The molecule has 7 heteroatoms. The van der Waals surface area contributed by atoms with Crippen LogP contribution in [0.3, 0.4) is 0 Å². The van der Waals surface area contributed by atoms with E-state index in [1.54, 1.807) is 11.8 Å². The van der Waals surface area contributed by atoms with Crippen molar-refractivity contribution in [2.24, 2.45) is 0 Å². The Morgan fingerprint density at radius 2 is 1.92 bits per heavy atom. The van der Waals surface area contributed by atoms with E-state index >= 15 is 0 Å². The highest BCUT2D eigenvalue weighted by Gasteiger charge is 2.28. The van der Waals surface area contributed by atoms with Crippen molar-refractivity contribution in [1.82, 2.24) is 4.90 Å². The van der Waals surface area contributed by atoms with E-state index in [4.69, 9.17) is 9.15 Å². The van der Waals surface area contributed by atoms with E-state index in [9.17, 15) is 14.7 Å². The van der Waals surface area contributed by atoms with Gasteiger partial charge >= 0.3 is 0 Å². The van der Waals surface area contributed by atoms with Gasteiger partial charge in [-0.1, -0.05) is 28.1 Å². The van der Waals surface area contributed by atoms with E-state index in [-0.39, 0.29) is 18.1 Å². The van der Waals surface area contributed by atoms with E-state index < -0.39 is 17.1 Å². The number of rotatable bonds is 4. The first-order valence-electron chi connectivity index (χ1n) is 8.40. The van der Waals surface area contributed by atoms with Gasteiger partial charge in [0.2, 0.25) is 17.1 Å². The van der Waals surface area contributed by atoms with Crippen LogP contribution in [0, 0.1) is 6.92 Å². The zero-order chi connectivity index (χ0) is 18.7. The van der Waals surface area contributed by atoms with E-state index in [0.717, 1.165) is 10.0 Å². The fourth-order valence-electron chi connectivity index (χ4n) is 3.04. The molecule has 6 nitrogen and oxygen atoms in total. The van der Waals surface area contributed by atoms with Gasteiger partial charge in [-0.3, -0.25) is 9.59 Å². The first-order chi connectivity index (χ1) is 12.5. The van der Waals surface area contributed by atoms with Crippen molar-refractivity contribution in [2.75, 3.05) is 26.3 Å². The van der Waals surface area contributed by atoms with E-state index in [1.165, 1.54) is 6.07 Å². The van der Waals surface area contributed by atoms with Crippen molar-refractivity contribution >= 4 is 21.8 Å². The number of aromatic hydroxyl groups is 1. The minimum atomic E-state index is -0.550. The summed E-state index contributed by atoms with van der Waals surface area (Å²) in [6, 6.07) is 8.65. The molecule has 3 rings (SSSR count). The third kappa shape index (κ3) is 4.16. The van der Waals surface area contributed by atoms with Crippen LogP contribution in [0.5, 0.6) is 5.75 Å². The van der Waals surface area contributed by atoms with Crippen LogP contribution >= 0.6 is 15.9 Å². The number of benzene rings is 1. The van der Waals surface area contributed by atoms with Crippen LogP contribution in [0.4, 0.5) is 0 Å². The second kappa shape index (κ2) is 8.05. The first-order valence-corrected chi connectivity index (χ1v) is 9.19. The summed E-state index contributed by atoms with van der Waals surface area (Å²) in [6.07, 6.45) is 0.0988. The lowest BCUT2D eigenvalue weighted by atomic mass is 9.91. The van der Waals surface area contributed by atoms with Crippen LogP contribution in [0.15, 0.2) is 44.0 Å². The summed E-state index contributed by atoms with van der Waals surface area (Å²) in [6.45, 7) is 3.75. The lowest BCUT2D eigenvalue weighted by molar-refractivity contribution is -0.135. The van der Waals surface area contributed by atoms with Crippen LogP contribution < -0.4 is 5.43 Å². The highest BCUT2D eigenvalue weighted by Crippen LogP contribution is 2.34. The van der Waals surface area contributed by atoms with Gasteiger partial charge in [0.05, 0.1) is 19.1 Å². The molecule has 2 aromatic rings. The standard InChI is InChI=1S/C19H20BrNO5/c1-12-10-16(22)18(24)19(26-12)15(13-2-4-14(20)5-3-13)11-17(23)21-6-8-25-9-7-21/h2-5,10,15,24H,6-9,11H2,1H3/t15-/m1/s1. The topological polar surface area (TPSA) is 80.0 Å². The van der Waals surface area contributed by atoms with Gasteiger partial charge in [-0.05, 0) is 24.6 Å². The Morgan fingerprint density at radius 3 is 2.58 bits per heavy atom. The number of hydrogen-bond donors (Lipinski definition) is 1. The number of aryl methyl sites for hydroxylation is 1. The normalized spacial score (nSPS) is 15.7. The van der Waals surface area contributed by atoms with Gasteiger partial charge in [0, 0.05) is 30.0 Å². The molecule has 0 bridgehead atoms. The molecule has 1 aromatic heterocycles. The molecule has 1 atom stereocenters. The molecule has 138 valence electrons. The Morgan fingerprint density at radius 1 is 1.27 bits per heavy atom. The Bertz CT molecular complexity index is 840. The van der Waals surface area contributed by atoms with Gasteiger partial charge in [-0.25, -0.2) is 0 Å². The van der Waals surface area contributed by atoms with Crippen molar-refractivity contribution < 1.29 is 19.1 Å².